The summed E-state index contributed by atoms with van der Waals surface area (Å²) in [5.41, 5.74) is 8.40. The second-order valence-corrected chi connectivity index (χ2v) is 13.5. The zero-order valence-electron chi connectivity index (χ0n) is 34.7. The van der Waals surface area contributed by atoms with Crippen LogP contribution in [0.25, 0.3) is 66.4 Å². The van der Waals surface area contributed by atoms with E-state index < -0.39 is 19.6 Å². The standard InChI is InChI=1S/C34H26NO.C13H12N.Ir/c1-2-5-28-25(4-1)12-13-30-29-6-3-7-31(34(29)36-33(28)30)32-20-26(14-15-35-32)23-8-10-24(11-9-23)27-18-21-16-22(17-21)19-27;1-10-3-6-12(7-4-10)13-8-5-11(2)9-14-13;/h1-6,8-15,20-22,27H,16-19H2;3-6,8-9H,1-2H3;/q2*-1;/i27D;1D3,2D3;. The zero-order chi connectivity index (χ0) is 39.5. The number of aromatic nitrogens is 2. The van der Waals surface area contributed by atoms with Crippen LogP contribution in [0, 0.1) is 37.7 Å². The number of hydrogen-bond donors (Lipinski definition) is 0. The average molecular weight is 846 g/mol. The molecule has 4 heteroatoms. The fourth-order valence-corrected chi connectivity index (χ4v) is 7.67. The summed E-state index contributed by atoms with van der Waals surface area (Å²) in [6, 6.07) is 43.4. The van der Waals surface area contributed by atoms with Crippen molar-refractivity contribution in [1.82, 2.24) is 9.97 Å². The molecule has 0 saturated heterocycles. The van der Waals surface area contributed by atoms with Gasteiger partial charge < -0.3 is 14.4 Å². The van der Waals surface area contributed by atoms with Gasteiger partial charge in [-0.05, 0) is 95.4 Å². The average Bonchev–Trinajstić information content (AvgIpc) is 3.60. The normalized spacial score (nSPS) is 21.7. The maximum absolute atomic E-state index is 9.09. The van der Waals surface area contributed by atoms with E-state index in [4.69, 9.17) is 19.0 Å². The Bertz CT molecular complexity index is 2670. The van der Waals surface area contributed by atoms with E-state index in [0.717, 1.165) is 79.9 Å². The SMILES string of the molecule is [2H]C([2H])([2H])c1c[c-]c(-c2ccc(C([2H])([2H])[2H])cn2)cc1.[2H]C1(c2ccc(-c3ccnc(-c4[c-]ccc5c4oc4c6ccccc6ccc54)c3)cc2)CC2CC(C2)C1.[Ir]. The summed E-state index contributed by atoms with van der Waals surface area (Å²) in [5.74, 6) is 1.10. The van der Waals surface area contributed by atoms with Crippen molar-refractivity contribution >= 4 is 32.7 Å². The minimum Gasteiger partial charge on any atom is -0.500 e. The van der Waals surface area contributed by atoms with Crippen LogP contribution < -0.4 is 0 Å². The van der Waals surface area contributed by atoms with Crippen LogP contribution in [0.3, 0.4) is 0 Å². The molecular weight excluding hydrogens is 801 g/mol. The Morgan fingerprint density at radius 3 is 2.25 bits per heavy atom. The molecule has 3 heterocycles. The van der Waals surface area contributed by atoms with Gasteiger partial charge in [-0.2, -0.15) is 0 Å². The number of nitrogens with zero attached hydrogens (tertiary/aromatic N) is 2. The zero-order valence-corrected chi connectivity index (χ0v) is 30.1. The second-order valence-electron chi connectivity index (χ2n) is 13.5. The van der Waals surface area contributed by atoms with Gasteiger partial charge in [0.1, 0.15) is 5.58 Å². The first-order valence-corrected chi connectivity index (χ1v) is 17.1. The summed E-state index contributed by atoms with van der Waals surface area (Å²) in [5, 5.41) is 4.48. The fourth-order valence-electron chi connectivity index (χ4n) is 7.67. The summed E-state index contributed by atoms with van der Waals surface area (Å²) >= 11 is 0. The van der Waals surface area contributed by atoms with Gasteiger partial charge in [-0.1, -0.05) is 96.7 Å². The summed E-state index contributed by atoms with van der Waals surface area (Å²) in [7, 11) is 0. The van der Waals surface area contributed by atoms with Crippen LogP contribution in [0.1, 0.15) is 57.9 Å². The van der Waals surface area contributed by atoms with Gasteiger partial charge in [-0.15, -0.1) is 53.6 Å². The van der Waals surface area contributed by atoms with E-state index in [9.17, 15) is 0 Å². The molecule has 0 aliphatic heterocycles. The third kappa shape index (κ3) is 6.55. The topological polar surface area (TPSA) is 38.9 Å². The van der Waals surface area contributed by atoms with Crippen LogP contribution >= 0.6 is 0 Å². The molecular formula is C47H38IrN2O-2. The number of aryl methyl sites for hydroxylation is 2. The van der Waals surface area contributed by atoms with Gasteiger partial charge in [0.15, 0.2) is 0 Å². The first kappa shape index (κ1) is 26.0. The molecule has 3 aliphatic rings. The Morgan fingerprint density at radius 1 is 0.686 bits per heavy atom. The summed E-state index contributed by atoms with van der Waals surface area (Å²) in [6.07, 6.45) is 7.86. The summed E-state index contributed by atoms with van der Waals surface area (Å²) < 4.78 is 59.2. The van der Waals surface area contributed by atoms with E-state index in [-0.39, 0.29) is 31.2 Å². The molecule has 0 amide bonds. The second kappa shape index (κ2) is 14.0. The van der Waals surface area contributed by atoms with E-state index in [0.29, 0.717) is 11.3 Å². The summed E-state index contributed by atoms with van der Waals surface area (Å²) in [6.45, 7) is -4.34. The first-order valence-electron chi connectivity index (χ1n) is 20.6. The van der Waals surface area contributed by atoms with Crippen molar-refractivity contribution in [3.05, 3.63) is 156 Å². The Balaban J connectivity index is 0.000000191. The van der Waals surface area contributed by atoms with Crippen molar-refractivity contribution in [1.29, 1.82) is 0 Å². The predicted molar refractivity (Wildman–Crippen MR) is 205 cm³/mol. The molecule has 1 radical (unpaired) electrons. The Hall–Kier alpha value is -4.89. The number of benzene rings is 5. The molecule has 3 aliphatic carbocycles. The number of fused-ring (bicyclic) bond motifs is 7. The van der Waals surface area contributed by atoms with Crippen molar-refractivity contribution in [2.45, 2.75) is 45.3 Å². The largest absolute Gasteiger partial charge is 0.500 e. The first-order chi connectivity index (χ1) is 27.3. The Morgan fingerprint density at radius 2 is 1.49 bits per heavy atom. The van der Waals surface area contributed by atoms with Gasteiger partial charge in [0.05, 0.1) is 5.58 Å². The third-order valence-corrected chi connectivity index (χ3v) is 10.2. The number of pyridine rings is 2. The predicted octanol–water partition coefficient (Wildman–Crippen LogP) is 12.3. The quantitative estimate of drug-likeness (QED) is 0.166. The van der Waals surface area contributed by atoms with Crippen LogP contribution in [-0.2, 0) is 20.1 Å². The Labute approximate surface area is 323 Å². The monoisotopic (exact) mass is 846 g/mol. The Kier molecular flexibility index (Phi) is 7.14. The smallest absolute Gasteiger partial charge is 0.128 e. The minimum absolute atomic E-state index is 0. The van der Waals surface area contributed by atoms with Crippen molar-refractivity contribution in [2.75, 3.05) is 0 Å². The summed E-state index contributed by atoms with van der Waals surface area (Å²) in [4.78, 5) is 8.79. The van der Waals surface area contributed by atoms with E-state index in [1.165, 1.54) is 42.6 Å². The molecule has 3 saturated carbocycles. The van der Waals surface area contributed by atoms with Gasteiger partial charge in [-0.25, -0.2) is 0 Å². The van der Waals surface area contributed by atoms with Crippen molar-refractivity contribution in [3.63, 3.8) is 0 Å². The molecule has 3 nitrogen and oxygen atoms in total. The molecule has 3 fully saturated rings. The van der Waals surface area contributed by atoms with E-state index in [1.807, 2.05) is 12.3 Å². The fraction of sp³-hybridized carbons (Fsp3) is 0.191. The molecule has 0 atom stereocenters. The molecule has 0 N–H and O–H groups in total. The molecule has 2 bridgehead atoms. The molecule has 0 spiro atoms. The van der Waals surface area contributed by atoms with Crippen LogP contribution in [0.15, 0.2) is 132 Å². The maximum Gasteiger partial charge on any atom is 0.128 e. The molecule has 3 aromatic heterocycles. The molecule has 0 unspecified atom stereocenters. The van der Waals surface area contributed by atoms with Crippen LogP contribution in [0.2, 0.25) is 0 Å². The molecule has 5 aromatic carbocycles. The number of rotatable bonds is 4. The molecule has 11 rings (SSSR count). The van der Waals surface area contributed by atoms with Gasteiger partial charge in [0.2, 0.25) is 0 Å². The van der Waals surface area contributed by atoms with Crippen molar-refractivity contribution in [2.24, 2.45) is 11.8 Å². The molecule has 253 valence electrons. The number of hydrogen-bond acceptors (Lipinski definition) is 3. The molecule has 51 heavy (non-hydrogen) atoms. The minimum atomic E-state index is -2.18. The maximum atomic E-state index is 9.09. The molecule has 8 aromatic rings. The van der Waals surface area contributed by atoms with Crippen molar-refractivity contribution < 1.29 is 34.1 Å². The van der Waals surface area contributed by atoms with Crippen LogP contribution in [0.4, 0.5) is 0 Å². The van der Waals surface area contributed by atoms with Gasteiger partial charge in [0.25, 0.3) is 0 Å². The van der Waals surface area contributed by atoms with Gasteiger partial charge >= 0.3 is 0 Å². The van der Waals surface area contributed by atoms with Crippen LogP contribution in [-0.4, -0.2) is 9.97 Å². The van der Waals surface area contributed by atoms with Gasteiger partial charge in [-0.3, -0.25) is 0 Å². The number of furan rings is 1. The van der Waals surface area contributed by atoms with E-state index >= 15 is 0 Å². The van der Waals surface area contributed by atoms with Gasteiger partial charge in [0, 0.05) is 52.9 Å². The van der Waals surface area contributed by atoms with Crippen molar-refractivity contribution in [3.8, 4) is 33.6 Å². The van der Waals surface area contributed by atoms with Crippen LogP contribution in [0.5, 0.6) is 0 Å². The third-order valence-electron chi connectivity index (χ3n) is 10.2. The van der Waals surface area contributed by atoms with E-state index in [1.54, 1.807) is 12.1 Å². The van der Waals surface area contributed by atoms with E-state index in [2.05, 4.69) is 96.0 Å².